The van der Waals surface area contributed by atoms with Crippen LogP contribution in [0.1, 0.15) is 21.9 Å². The van der Waals surface area contributed by atoms with Gasteiger partial charge >= 0.3 is 0 Å². The second kappa shape index (κ2) is 7.67. The summed E-state index contributed by atoms with van der Waals surface area (Å²) >= 11 is 6.02. The first-order valence-electron chi connectivity index (χ1n) is 7.97. The van der Waals surface area contributed by atoms with Crippen molar-refractivity contribution < 1.29 is 13.6 Å². The van der Waals surface area contributed by atoms with Crippen LogP contribution >= 0.6 is 11.6 Å². The maximum absolute atomic E-state index is 13.3. The van der Waals surface area contributed by atoms with Gasteiger partial charge < -0.3 is 10.6 Å². The van der Waals surface area contributed by atoms with Crippen LogP contribution in [0.15, 0.2) is 42.5 Å². The third-order valence-corrected chi connectivity index (χ3v) is 3.95. The second-order valence-corrected chi connectivity index (χ2v) is 6.29. The minimum absolute atomic E-state index is 0.0782. The molecule has 1 aromatic heterocycles. The molecule has 0 unspecified atom stereocenters. The molecule has 3 aromatic rings. The Hall–Kier alpha value is -3.06. The molecule has 0 aliphatic carbocycles. The zero-order valence-corrected chi connectivity index (χ0v) is 15.2. The number of rotatable bonds is 4. The number of nitrogens with one attached hydrogen (secondary N) is 2. The van der Waals surface area contributed by atoms with E-state index in [0.29, 0.717) is 16.7 Å². The van der Waals surface area contributed by atoms with Gasteiger partial charge in [0.25, 0.3) is 5.91 Å². The Bertz CT molecular complexity index is 1030. The summed E-state index contributed by atoms with van der Waals surface area (Å²) in [4.78, 5) is 20.8. The standard InChI is InChI=1S/C19H15ClF2N4O/c1-10-3-4-12(20)7-16(10)26-18-9-17(23-11(2)24-18)19(27)25-13-5-6-14(21)15(22)8-13/h3-9H,1-2H3,(H,25,27)(H,23,24,26). The average Bonchev–Trinajstić information content (AvgIpc) is 2.61. The number of carbonyl (C=O) groups excluding carboxylic acids is 1. The summed E-state index contributed by atoms with van der Waals surface area (Å²) in [5.41, 5.74) is 1.89. The lowest BCUT2D eigenvalue weighted by Crippen LogP contribution is -2.15. The Morgan fingerprint density at radius 2 is 1.78 bits per heavy atom. The van der Waals surface area contributed by atoms with Gasteiger partial charge in [-0.2, -0.15) is 0 Å². The number of halogens is 3. The predicted molar refractivity (Wildman–Crippen MR) is 101 cm³/mol. The molecule has 8 heteroatoms. The highest BCUT2D eigenvalue weighted by atomic mass is 35.5. The van der Waals surface area contributed by atoms with E-state index in [9.17, 15) is 13.6 Å². The van der Waals surface area contributed by atoms with Gasteiger partial charge in [0.2, 0.25) is 0 Å². The first-order valence-corrected chi connectivity index (χ1v) is 8.35. The van der Waals surface area contributed by atoms with E-state index in [4.69, 9.17) is 11.6 Å². The number of amides is 1. The molecule has 0 saturated carbocycles. The zero-order chi connectivity index (χ0) is 19.6. The molecule has 27 heavy (non-hydrogen) atoms. The number of aryl methyl sites for hydroxylation is 2. The lowest BCUT2D eigenvalue weighted by Gasteiger charge is -2.11. The number of hydrogen-bond acceptors (Lipinski definition) is 4. The van der Waals surface area contributed by atoms with E-state index in [1.165, 1.54) is 12.1 Å². The number of anilines is 3. The topological polar surface area (TPSA) is 66.9 Å². The van der Waals surface area contributed by atoms with E-state index in [1.54, 1.807) is 19.1 Å². The van der Waals surface area contributed by atoms with Crippen molar-refractivity contribution >= 4 is 34.7 Å². The van der Waals surface area contributed by atoms with Gasteiger partial charge in [-0.15, -0.1) is 0 Å². The van der Waals surface area contributed by atoms with Gasteiger partial charge in [-0.1, -0.05) is 17.7 Å². The number of aromatic nitrogens is 2. The minimum atomic E-state index is -1.05. The van der Waals surface area contributed by atoms with E-state index in [1.807, 2.05) is 13.0 Å². The summed E-state index contributed by atoms with van der Waals surface area (Å²) in [6, 6.07) is 9.93. The molecule has 0 radical (unpaired) electrons. The van der Waals surface area contributed by atoms with Crippen molar-refractivity contribution in [3.63, 3.8) is 0 Å². The van der Waals surface area contributed by atoms with Crippen LogP contribution < -0.4 is 10.6 Å². The maximum atomic E-state index is 13.3. The summed E-state index contributed by atoms with van der Waals surface area (Å²) < 4.78 is 26.3. The summed E-state index contributed by atoms with van der Waals surface area (Å²) in [5.74, 6) is -1.84. The van der Waals surface area contributed by atoms with Crippen LogP contribution in [-0.2, 0) is 0 Å². The first kappa shape index (κ1) is 18.7. The van der Waals surface area contributed by atoms with E-state index >= 15 is 0 Å². The normalized spacial score (nSPS) is 10.6. The molecular weight excluding hydrogens is 374 g/mol. The van der Waals surface area contributed by atoms with Crippen molar-refractivity contribution in [1.29, 1.82) is 0 Å². The number of benzene rings is 2. The van der Waals surface area contributed by atoms with Gasteiger partial charge in [0.15, 0.2) is 11.6 Å². The molecule has 0 atom stereocenters. The molecule has 3 rings (SSSR count). The summed E-state index contributed by atoms with van der Waals surface area (Å²) in [5, 5.41) is 6.15. The van der Waals surface area contributed by atoms with Gasteiger partial charge in [-0.3, -0.25) is 4.79 Å². The Kier molecular flexibility index (Phi) is 5.32. The van der Waals surface area contributed by atoms with Crippen LogP contribution in [-0.4, -0.2) is 15.9 Å². The molecular formula is C19H15ClF2N4O. The molecule has 138 valence electrons. The van der Waals surface area contributed by atoms with Crippen LogP contribution in [0.2, 0.25) is 5.02 Å². The van der Waals surface area contributed by atoms with E-state index in [0.717, 1.165) is 23.4 Å². The van der Waals surface area contributed by atoms with Gasteiger partial charge in [0.05, 0.1) is 0 Å². The van der Waals surface area contributed by atoms with Crippen LogP contribution in [0.25, 0.3) is 0 Å². The quantitative estimate of drug-likeness (QED) is 0.658. The van der Waals surface area contributed by atoms with Gasteiger partial charge in [-0.05, 0) is 43.7 Å². The molecule has 0 aliphatic heterocycles. The number of nitrogens with zero attached hydrogens (tertiary/aromatic N) is 2. The Labute approximate surface area is 159 Å². The third kappa shape index (κ3) is 4.57. The Balaban J connectivity index is 1.84. The largest absolute Gasteiger partial charge is 0.340 e. The predicted octanol–water partition coefficient (Wildman–Crippen LogP) is 5.02. The lowest BCUT2D eigenvalue weighted by atomic mass is 10.2. The van der Waals surface area contributed by atoms with E-state index in [2.05, 4.69) is 20.6 Å². The van der Waals surface area contributed by atoms with Gasteiger partial charge in [0, 0.05) is 28.5 Å². The van der Waals surface area contributed by atoms with Crippen molar-refractivity contribution in [2.75, 3.05) is 10.6 Å². The van der Waals surface area contributed by atoms with Crippen LogP contribution in [0.3, 0.4) is 0 Å². The fourth-order valence-electron chi connectivity index (χ4n) is 2.38. The molecule has 5 nitrogen and oxygen atoms in total. The fraction of sp³-hybridized carbons (Fsp3) is 0.105. The summed E-state index contributed by atoms with van der Waals surface area (Å²) in [7, 11) is 0. The monoisotopic (exact) mass is 388 g/mol. The van der Waals surface area contributed by atoms with Crippen molar-refractivity contribution in [1.82, 2.24) is 9.97 Å². The minimum Gasteiger partial charge on any atom is -0.340 e. The Morgan fingerprint density at radius 3 is 2.52 bits per heavy atom. The van der Waals surface area contributed by atoms with Crippen LogP contribution in [0.4, 0.5) is 26.0 Å². The van der Waals surface area contributed by atoms with Crippen molar-refractivity contribution in [3.05, 3.63) is 76.2 Å². The highest BCUT2D eigenvalue weighted by molar-refractivity contribution is 6.30. The fourth-order valence-corrected chi connectivity index (χ4v) is 2.56. The molecule has 2 aromatic carbocycles. The van der Waals surface area contributed by atoms with Crippen molar-refractivity contribution in [3.8, 4) is 0 Å². The van der Waals surface area contributed by atoms with Gasteiger partial charge in [0.1, 0.15) is 17.3 Å². The van der Waals surface area contributed by atoms with Crippen molar-refractivity contribution in [2.45, 2.75) is 13.8 Å². The molecule has 0 saturated heterocycles. The number of carbonyl (C=O) groups is 1. The lowest BCUT2D eigenvalue weighted by molar-refractivity contribution is 0.102. The van der Waals surface area contributed by atoms with Crippen LogP contribution in [0, 0.1) is 25.5 Å². The molecule has 0 bridgehead atoms. The zero-order valence-electron chi connectivity index (χ0n) is 14.5. The summed E-state index contributed by atoms with van der Waals surface area (Å²) in [6.07, 6.45) is 0. The van der Waals surface area contributed by atoms with E-state index in [-0.39, 0.29) is 11.4 Å². The first-order chi connectivity index (χ1) is 12.8. The smallest absolute Gasteiger partial charge is 0.274 e. The maximum Gasteiger partial charge on any atom is 0.274 e. The van der Waals surface area contributed by atoms with E-state index < -0.39 is 17.5 Å². The Morgan fingerprint density at radius 1 is 1.00 bits per heavy atom. The van der Waals surface area contributed by atoms with Gasteiger partial charge in [-0.25, -0.2) is 18.7 Å². The van der Waals surface area contributed by atoms with Crippen molar-refractivity contribution in [2.24, 2.45) is 0 Å². The third-order valence-electron chi connectivity index (χ3n) is 3.71. The van der Waals surface area contributed by atoms with Crippen LogP contribution in [0.5, 0.6) is 0 Å². The molecule has 1 amide bonds. The molecule has 0 fully saturated rings. The highest BCUT2D eigenvalue weighted by Crippen LogP contribution is 2.24. The average molecular weight is 389 g/mol. The highest BCUT2D eigenvalue weighted by Gasteiger charge is 2.13. The second-order valence-electron chi connectivity index (χ2n) is 5.85. The molecule has 1 heterocycles. The number of hydrogen-bond donors (Lipinski definition) is 2. The molecule has 2 N–H and O–H groups in total. The SMILES string of the molecule is Cc1nc(Nc2cc(Cl)ccc2C)cc(C(=O)Nc2ccc(F)c(F)c2)n1. The molecule has 0 spiro atoms. The molecule has 0 aliphatic rings. The summed E-state index contributed by atoms with van der Waals surface area (Å²) in [6.45, 7) is 3.55.